The molecule has 0 unspecified atom stereocenters. The first-order chi connectivity index (χ1) is 8.38. The molecule has 0 heterocycles. The highest BCUT2D eigenvalue weighted by Gasteiger charge is 2.23. The van der Waals surface area contributed by atoms with E-state index in [2.05, 4.69) is 4.74 Å². The predicted molar refractivity (Wildman–Crippen MR) is 62.2 cm³/mol. The molecule has 8 nitrogen and oxygen atoms in total. The maximum absolute atomic E-state index is 11.3. The summed E-state index contributed by atoms with van der Waals surface area (Å²) in [5.74, 6) is -2.92. The highest BCUT2D eigenvalue weighted by atomic mass is 16.6. The van der Waals surface area contributed by atoms with E-state index in [0.717, 1.165) is 0 Å². The molecule has 0 saturated heterocycles. The molecule has 0 saturated carbocycles. The van der Waals surface area contributed by atoms with Gasteiger partial charge in [-0.2, -0.15) is 0 Å². The van der Waals surface area contributed by atoms with E-state index in [4.69, 9.17) is 22.3 Å². The van der Waals surface area contributed by atoms with Gasteiger partial charge in [-0.25, -0.2) is 9.59 Å². The van der Waals surface area contributed by atoms with E-state index in [9.17, 15) is 14.4 Å². The van der Waals surface area contributed by atoms with E-state index in [0.29, 0.717) is 19.4 Å². The van der Waals surface area contributed by atoms with Crippen LogP contribution in [-0.2, 0) is 19.1 Å². The minimum atomic E-state index is -1.15. The fraction of sp³-hybridized carbons (Fsp3) is 0.700. The third-order valence-electron chi connectivity index (χ3n) is 2.20. The van der Waals surface area contributed by atoms with Gasteiger partial charge in [-0.05, 0) is 25.8 Å². The largest absolute Gasteiger partial charge is 0.481 e. The molecule has 0 bridgehead atoms. The van der Waals surface area contributed by atoms with Crippen LogP contribution in [0.15, 0.2) is 0 Å². The molecule has 0 aliphatic rings. The van der Waals surface area contributed by atoms with Crippen LogP contribution in [0.25, 0.3) is 0 Å². The van der Waals surface area contributed by atoms with Gasteiger partial charge in [0.1, 0.15) is 12.1 Å². The monoisotopic (exact) mass is 261 g/mol. The van der Waals surface area contributed by atoms with Gasteiger partial charge in [-0.3, -0.25) is 4.79 Å². The predicted octanol–water partition coefficient (Wildman–Crippen LogP) is -1.69. The summed E-state index contributed by atoms with van der Waals surface area (Å²) in [6, 6.07) is -2.07. The van der Waals surface area contributed by atoms with Gasteiger partial charge < -0.3 is 27.0 Å². The van der Waals surface area contributed by atoms with Gasteiger partial charge in [-0.15, -0.1) is 0 Å². The zero-order valence-corrected chi connectivity index (χ0v) is 10.0. The molecule has 7 N–H and O–H groups in total. The topological polar surface area (TPSA) is 159 Å². The molecule has 0 aliphatic heterocycles. The van der Waals surface area contributed by atoms with Gasteiger partial charge in [0.25, 0.3) is 0 Å². The second-order valence-electron chi connectivity index (χ2n) is 3.82. The number of esters is 2. The SMILES string of the molecule is NCCC[C@@H](N)C(=O)OC(=O)[C@@H](N)CCC(=O)O. The van der Waals surface area contributed by atoms with E-state index in [1.54, 1.807) is 0 Å². The van der Waals surface area contributed by atoms with Crippen LogP contribution in [-0.4, -0.2) is 41.6 Å². The molecule has 0 aromatic rings. The van der Waals surface area contributed by atoms with Crippen LogP contribution in [0.5, 0.6) is 0 Å². The van der Waals surface area contributed by atoms with Crippen molar-refractivity contribution in [1.82, 2.24) is 0 Å². The van der Waals surface area contributed by atoms with Crippen LogP contribution in [0, 0.1) is 0 Å². The number of hydrogen-bond donors (Lipinski definition) is 4. The number of hydrogen-bond acceptors (Lipinski definition) is 7. The Labute approximate surface area is 104 Å². The van der Waals surface area contributed by atoms with Gasteiger partial charge in [-0.1, -0.05) is 0 Å². The summed E-state index contributed by atoms with van der Waals surface area (Å²) in [6.45, 7) is 0.382. The van der Waals surface area contributed by atoms with Gasteiger partial charge in [0, 0.05) is 6.42 Å². The van der Waals surface area contributed by atoms with E-state index in [1.807, 2.05) is 0 Å². The third kappa shape index (κ3) is 6.94. The van der Waals surface area contributed by atoms with Crippen molar-refractivity contribution in [1.29, 1.82) is 0 Å². The average Bonchev–Trinajstić information content (AvgIpc) is 2.32. The summed E-state index contributed by atoms with van der Waals surface area (Å²) in [5, 5.41) is 8.40. The Morgan fingerprint density at radius 2 is 1.56 bits per heavy atom. The molecule has 0 rings (SSSR count). The highest BCUT2D eigenvalue weighted by molar-refractivity contribution is 5.90. The Kier molecular flexibility index (Phi) is 7.84. The molecular weight excluding hydrogens is 242 g/mol. The number of nitrogens with two attached hydrogens (primary N) is 3. The summed E-state index contributed by atoms with van der Waals surface area (Å²) >= 11 is 0. The van der Waals surface area contributed by atoms with Crippen molar-refractivity contribution in [2.24, 2.45) is 17.2 Å². The first kappa shape index (κ1) is 16.5. The first-order valence-corrected chi connectivity index (χ1v) is 5.57. The lowest BCUT2D eigenvalue weighted by molar-refractivity contribution is -0.161. The van der Waals surface area contributed by atoms with E-state index < -0.39 is 30.0 Å². The third-order valence-corrected chi connectivity index (χ3v) is 2.20. The Morgan fingerprint density at radius 3 is 2.00 bits per heavy atom. The smallest absolute Gasteiger partial charge is 0.330 e. The van der Waals surface area contributed by atoms with Crippen LogP contribution in [0.3, 0.4) is 0 Å². The number of carboxylic acids is 1. The Bertz CT molecular complexity index is 308. The quantitative estimate of drug-likeness (QED) is 0.297. The minimum Gasteiger partial charge on any atom is -0.481 e. The highest BCUT2D eigenvalue weighted by Crippen LogP contribution is 2.01. The van der Waals surface area contributed by atoms with Crippen molar-refractivity contribution in [2.75, 3.05) is 6.54 Å². The molecule has 0 aliphatic carbocycles. The number of carbonyl (C=O) groups excluding carboxylic acids is 2. The van der Waals surface area contributed by atoms with E-state index >= 15 is 0 Å². The Morgan fingerprint density at radius 1 is 1.06 bits per heavy atom. The van der Waals surface area contributed by atoms with Gasteiger partial charge >= 0.3 is 17.9 Å². The number of carbonyl (C=O) groups is 3. The maximum atomic E-state index is 11.3. The first-order valence-electron chi connectivity index (χ1n) is 5.57. The molecule has 0 fully saturated rings. The molecule has 18 heavy (non-hydrogen) atoms. The lowest BCUT2D eigenvalue weighted by atomic mass is 10.1. The fourth-order valence-electron chi connectivity index (χ4n) is 1.10. The molecule has 0 radical (unpaired) electrons. The number of carboxylic acid groups (broad SMARTS) is 1. The second kappa shape index (κ2) is 8.56. The van der Waals surface area contributed by atoms with Crippen molar-refractivity contribution in [3.63, 3.8) is 0 Å². The van der Waals surface area contributed by atoms with Crippen LogP contribution in [0.2, 0.25) is 0 Å². The molecular formula is C10H19N3O5. The molecule has 8 heteroatoms. The minimum absolute atomic E-state index is 0.0977. The standard InChI is InChI=1S/C10H19N3O5/c11-5-1-2-6(12)9(16)18-10(17)7(13)3-4-8(14)15/h6-7H,1-5,11-13H2,(H,14,15)/t6-,7+/m1/s1. The van der Waals surface area contributed by atoms with Crippen molar-refractivity contribution < 1.29 is 24.2 Å². The van der Waals surface area contributed by atoms with E-state index in [1.165, 1.54) is 0 Å². The maximum Gasteiger partial charge on any atom is 0.330 e. The van der Waals surface area contributed by atoms with Crippen molar-refractivity contribution in [2.45, 2.75) is 37.8 Å². The van der Waals surface area contributed by atoms with Crippen molar-refractivity contribution in [3.8, 4) is 0 Å². The zero-order chi connectivity index (χ0) is 14.1. The molecule has 0 aromatic carbocycles. The Balaban J connectivity index is 4.05. The summed E-state index contributed by atoms with van der Waals surface area (Å²) in [5.41, 5.74) is 16.1. The summed E-state index contributed by atoms with van der Waals surface area (Å²) in [4.78, 5) is 32.9. The van der Waals surface area contributed by atoms with Crippen LogP contribution < -0.4 is 17.2 Å². The van der Waals surface area contributed by atoms with Crippen molar-refractivity contribution in [3.05, 3.63) is 0 Å². The van der Waals surface area contributed by atoms with E-state index in [-0.39, 0.29) is 12.8 Å². The Hall–Kier alpha value is -1.51. The average molecular weight is 261 g/mol. The summed E-state index contributed by atoms with van der Waals surface area (Å²) in [7, 11) is 0. The summed E-state index contributed by atoms with van der Waals surface area (Å²) in [6.07, 6.45) is 0.478. The number of rotatable bonds is 8. The van der Waals surface area contributed by atoms with Crippen LogP contribution in [0.1, 0.15) is 25.7 Å². The summed E-state index contributed by atoms with van der Waals surface area (Å²) < 4.78 is 4.44. The van der Waals surface area contributed by atoms with Crippen LogP contribution >= 0.6 is 0 Å². The van der Waals surface area contributed by atoms with Gasteiger partial charge in [0.05, 0.1) is 0 Å². The number of ether oxygens (including phenoxy) is 1. The molecule has 0 spiro atoms. The second-order valence-corrected chi connectivity index (χ2v) is 3.82. The molecule has 2 atom stereocenters. The fourth-order valence-corrected chi connectivity index (χ4v) is 1.10. The van der Waals surface area contributed by atoms with Crippen LogP contribution in [0.4, 0.5) is 0 Å². The zero-order valence-electron chi connectivity index (χ0n) is 10.0. The lowest BCUT2D eigenvalue weighted by Crippen LogP contribution is -2.40. The van der Waals surface area contributed by atoms with Gasteiger partial charge in [0.2, 0.25) is 0 Å². The van der Waals surface area contributed by atoms with Gasteiger partial charge in [0.15, 0.2) is 0 Å². The lowest BCUT2D eigenvalue weighted by Gasteiger charge is -2.12. The molecule has 0 amide bonds. The number of aliphatic carboxylic acids is 1. The molecule has 104 valence electrons. The van der Waals surface area contributed by atoms with Crippen molar-refractivity contribution >= 4 is 17.9 Å². The normalized spacial score (nSPS) is 13.7. The molecule has 0 aromatic heterocycles.